The highest BCUT2D eigenvalue weighted by molar-refractivity contribution is 6.10. The molecule has 0 spiro atoms. The van der Waals surface area contributed by atoms with Gasteiger partial charge in [0.15, 0.2) is 11.5 Å². The molecule has 0 aromatic heterocycles. The first-order valence-electron chi connectivity index (χ1n) is 8.99. The molecule has 0 heterocycles. The molecular formula is C23H24N2O3. The minimum absolute atomic E-state index is 0.00202. The highest BCUT2D eigenvalue weighted by Gasteiger charge is 2.12. The quantitative estimate of drug-likeness (QED) is 0.408. The van der Waals surface area contributed by atoms with Crippen LogP contribution < -0.4 is 14.8 Å². The van der Waals surface area contributed by atoms with Crippen molar-refractivity contribution in [1.29, 1.82) is 5.26 Å². The van der Waals surface area contributed by atoms with Crippen LogP contribution in [0.2, 0.25) is 0 Å². The third kappa shape index (κ3) is 5.49. The minimum atomic E-state index is -0.459. The van der Waals surface area contributed by atoms with E-state index in [1.165, 1.54) is 6.08 Å². The molecule has 0 saturated heterocycles. The Morgan fingerprint density at radius 3 is 2.61 bits per heavy atom. The molecule has 0 aliphatic heterocycles. The first-order valence-corrected chi connectivity index (χ1v) is 8.99. The maximum absolute atomic E-state index is 12.5. The van der Waals surface area contributed by atoms with Crippen molar-refractivity contribution in [2.45, 2.75) is 20.8 Å². The number of anilines is 1. The van der Waals surface area contributed by atoms with Gasteiger partial charge in [0.1, 0.15) is 18.2 Å². The molecule has 2 aromatic rings. The topological polar surface area (TPSA) is 71.3 Å². The Kier molecular flexibility index (Phi) is 7.41. The Morgan fingerprint density at radius 2 is 1.96 bits per heavy atom. The summed E-state index contributed by atoms with van der Waals surface area (Å²) in [6.07, 6.45) is 3.17. The van der Waals surface area contributed by atoms with Gasteiger partial charge in [-0.1, -0.05) is 36.4 Å². The van der Waals surface area contributed by atoms with E-state index in [0.717, 1.165) is 11.1 Å². The zero-order chi connectivity index (χ0) is 20.5. The zero-order valence-corrected chi connectivity index (χ0v) is 16.4. The summed E-state index contributed by atoms with van der Waals surface area (Å²) in [6, 6.07) is 12.9. The predicted molar refractivity (Wildman–Crippen MR) is 111 cm³/mol. The van der Waals surface area contributed by atoms with Crippen LogP contribution >= 0.6 is 0 Å². The van der Waals surface area contributed by atoms with Gasteiger partial charge in [0, 0.05) is 5.69 Å². The minimum Gasteiger partial charge on any atom is -0.490 e. The lowest BCUT2D eigenvalue weighted by Gasteiger charge is -2.12. The summed E-state index contributed by atoms with van der Waals surface area (Å²) in [4.78, 5) is 12.5. The van der Waals surface area contributed by atoms with Crippen LogP contribution in [-0.4, -0.2) is 19.1 Å². The van der Waals surface area contributed by atoms with Gasteiger partial charge in [-0.2, -0.15) is 5.26 Å². The number of ether oxygens (including phenoxy) is 2. The van der Waals surface area contributed by atoms with Crippen LogP contribution in [0.15, 0.2) is 54.6 Å². The largest absolute Gasteiger partial charge is 0.490 e. The molecule has 1 amide bonds. The van der Waals surface area contributed by atoms with Crippen molar-refractivity contribution in [3.05, 3.63) is 71.3 Å². The number of benzene rings is 2. The van der Waals surface area contributed by atoms with E-state index in [2.05, 4.69) is 11.9 Å². The Bertz CT molecular complexity index is 939. The van der Waals surface area contributed by atoms with Gasteiger partial charge in [-0.3, -0.25) is 4.79 Å². The SMILES string of the molecule is C=CCOc1ccc(/C=C(/C#N)C(=O)Nc2ccc(C)cc2C)cc1OCC. The average molecular weight is 376 g/mol. The zero-order valence-electron chi connectivity index (χ0n) is 16.4. The normalized spacial score (nSPS) is 10.7. The first kappa shape index (κ1) is 20.8. The number of amides is 1. The molecular weight excluding hydrogens is 352 g/mol. The standard InChI is InChI=1S/C23H24N2O3/c1-5-11-28-21-10-8-18(14-22(21)27-6-2)13-19(15-24)23(26)25-20-9-7-16(3)12-17(20)4/h5,7-10,12-14H,1,6,11H2,2-4H3,(H,25,26)/b19-13-. The fraction of sp³-hybridized carbons (Fsp3) is 0.217. The summed E-state index contributed by atoms with van der Waals surface area (Å²) < 4.78 is 11.2. The molecule has 5 heteroatoms. The van der Waals surface area contributed by atoms with Gasteiger partial charge >= 0.3 is 0 Å². The van der Waals surface area contributed by atoms with Gasteiger partial charge < -0.3 is 14.8 Å². The summed E-state index contributed by atoms with van der Waals surface area (Å²) in [5.41, 5.74) is 3.39. The lowest BCUT2D eigenvalue weighted by atomic mass is 10.1. The van der Waals surface area contributed by atoms with E-state index >= 15 is 0 Å². The third-order valence-electron chi connectivity index (χ3n) is 3.93. The molecule has 0 unspecified atom stereocenters. The number of carbonyl (C=O) groups is 1. The number of aryl methyl sites for hydroxylation is 2. The second-order valence-electron chi connectivity index (χ2n) is 6.18. The second-order valence-corrected chi connectivity index (χ2v) is 6.18. The maximum atomic E-state index is 12.5. The van der Waals surface area contributed by atoms with Crippen LogP contribution in [0.25, 0.3) is 6.08 Å². The fourth-order valence-electron chi connectivity index (χ4n) is 2.61. The van der Waals surface area contributed by atoms with Crippen molar-refractivity contribution in [2.75, 3.05) is 18.5 Å². The maximum Gasteiger partial charge on any atom is 0.266 e. The van der Waals surface area contributed by atoms with Crippen molar-refractivity contribution in [2.24, 2.45) is 0 Å². The number of nitrogens with one attached hydrogen (secondary N) is 1. The van der Waals surface area contributed by atoms with Gasteiger partial charge in [0.05, 0.1) is 6.61 Å². The number of nitriles is 1. The van der Waals surface area contributed by atoms with Crippen LogP contribution in [0.5, 0.6) is 11.5 Å². The van der Waals surface area contributed by atoms with E-state index in [1.807, 2.05) is 45.0 Å². The van der Waals surface area contributed by atoms with Crippen molar-refractivity contribution in [3.8, 4) is 17.6 Å². The number of nitrogens with zero attached hydrogens (tertiary/aromatic N) is 1. The first-order chi connectivity index (χ1) is 13.5. The van der Waals surface area contributed by atoms with Crippen molar-refractivity contribution >= 4 is 17.7 Å². The third-order valence-corrected chi connectivity index (χ3v) is 3.93. The molecule has 2 aromatic carbocycles. The molecule has 0 saturated carbocycles. The van der Waals surface area contributed by atoms with Gasteiger partial charge in [-0.05, 0) is 56.2 Å². The van der Waals surface area contributed by atoms with E-state index in [-0.39, 0.29) is 5.57 Å². The lowest BCUT2D eigenvalue weighted by Crippen LogP contribution is -2.14. The van der Waals surface area contributed by atoms with Crippen LogP contribution in [-0.2, 0) is 4.79 Å². The second kappa shape index (κ2) is 9.98. The highest BCUT2D eigenvalue weighted by Crippen LogP contribution is 2.29. The predicted octanol–water partition coefficient (Wildman–Crippen LogP) is 4.81. The Morgan fingerprint density at radius 1 is 1.18 bits per heavy atom. The molecule has 5 nitrogen and oxygen atoms in total. The van der Waals surface area contributed by atoms with Crippen LogP contribution in [0.1, 0.15) is 23.6 Å². The van der Waals surface area contributed by atoms with Crippen molar-refractivity contribution < 1.29 is 14.3 Å². The summed E-state index contributed by atoms with van der Waals surface area (Å²) in [5, 5.41) is 12.2. The summed E-state index contributed by atoms with van der Waals surface area (Å²) >= 11 is 0. The highest BCUT2D eigenvalue weighted by atomic mass is 16.5. The number of rotatable bonds is 8. The van der Waals surface area contributed by atoms with Gasteiger partial charge in [0.25, 0.3) is 5.91 Å². The molecule has 0 fully saturated rings. The van der Waals surface area contributed by atoms with E-state index in [4.69, 9.17) is 9.47 Å². The molecule has 28 heavy (non-hydrogen) atoms. The molecule has 0 bridgehead atoms. The molecule has 144 valence electrons. The smallest absolute Gasteiger partial charge is 0.266 e. The van der Waals surface area contributed by atoms with Gasteiger partial charge in [-0.15, -0.1) is 0 Å². The molecule has 0 radical (unpaired) electrons. The monoisotopic (exact) mass is 376 g/mol. The molecule has 0 aliphatic carbocycles. The van der Waals surface area contributed by atoms with Crippen LogP contribution in [0.3, 0.4) is 0 Å². The molecule has 0 aliphatic rings. The van der Waals surface area contributed by atoms with Crippen molar-refractivity contribution in [1.82, 2.24) is 0 Å². The van der Waals surface area contributed by atoms with Gasteiger partial charge in [0.2, 0.25) is 0 Å². The average Bonchev–Trinajstić information content (AvgIpc) is 2.67. The molecule has 0 atom stereocenters. The van der Waals surface area contributed by atoms with Crippen molar-refractivity contribution in [3.63, 3.8) is 0 Å². The summed E-state index contributed by atoms with van der Waals surface area (Å²) in [7, 11) is 0. The van der Waals surface area contributed by atoms with Crippen LogP contribution in [0, 0.1) is 25.2 Å². The molecule has 2 rings (SSSR count). The Labute approximate surface area is 165 Å². The molecule has 1 N–H and O–H groups in total. The Balaban J connectivity index is 2.27. The van der Waals surface area contributed by atoms with Gasteiger partial charge in [-0.25, -0.2) is 0 Å². The number of hydrogen-bond acceptors (Lipinski definition) is 4. The Hall–Kier alpha value is -3.52. The number of carbonyl (C=O) groups excluding carboxylic acids is 1. The van der Waals surface area contributed by atoms with E-state index in [1.54, 1.807) is 24.3 Å². The van der Waals surface area contributed by atoms with E-state index in [9.17, 15) is 10.1 Å². The summed E-state index contributed by atoms with van der Waals surface area (Å²) in [5.74, 6) is 0.668. The number of hydrogen-bond donors (Lipinski definition) is 1. The van der Waals surface area contributed by atoms with E-state index in [0.29, 0.717) is 36.0 Å². The van der Waals surface area contributed by atoms with E-state index < -0.39 is 5.91 Å². The van der Waals surface area contributed by atoms with Crippen LogP contribution in [0.4, 0.5) is 5.69 Å². The lowest BCUT2D eigenvalue weighted by molar-refractivity contribution is -0.112. The summed E-state index contributed by atoms with van der Waals surface area (Å²) in [6.45, 7) is 10.2. The fourth-order valence-corrected chi connectivity index (χ4v) is 2.61.